The maximum Gasteiger partial charge on any atom is 0.158 e. The number of aliphatic hydroxyl groups is 1. The van der Waals surface area contributed by atoms with Gasteiger partial charge in [0.05, 0.1) is 6.10 Å². The highest BCUT2D eigenvalue weighted by Crippen LogP contribution is 2.23. The maximum absolute atomic E-state index is 10.0. The molecule has 0 saturated carbocycles. The molecule has 0 radical (unpaired) electrons. The maximum atomic E-state index is 10.0. The Balaban J connectivity index is 2.17. The highest BCUT2D eigenvalue weighted by molar-refractivity contribution is 5.49. The number of aromatic nitrogens is 2. The minimum atomic E-state index is -0.299. The topological polar surface area (TPSA) is 70.5 Å². The summed E-state index contributed by atoms with van der Waals surface area (Å²) in [6.07, 6.45) is 0.674. The summed E-state index contributed by atoms with van der Waals surface area (Å²) >= 11 is 0. The number of piperidine rings is 1. The molecule has 2 rings (SSSR count). The lowest BCUT2D eigenvalue weighted by Gasteiger charge is -2.35. The van der Waals surface area contributed by atoms with Gasteiger partial charge in [-0.05, 0) is 19.3 Å². The third-order valence-electron chi connectivity index (χ3n) is 3.69. The van der Waals surface area contributed by atoms with Gasteiger partial charge in [-0.25, -0.2) is 9.97 Å². The highest BCUT2D eigenvalue weighted by atomic mass is 16.5. The van der Waals surface area contributed by atoms with E-state index in [1.807, 2.05) is 20.0 Å². The van der Waals surface area contributed by atoms with Gasteiger partial charge in [0, 0.05) is 32.8 Å². The first kappa shape index (κ1) is 15.0. The van der Waals surface area contributed by atoms with Gasteiger partial charge < -0.3 is 20.1 Å². The monoisotopic (exact) mass is 280 g/mol. The average molecular weight is 280 g/mol. The summed E-state index contributed by atoms with van der Waals surface area (Å²) in [5.74, 6) is 2.64. The van der Waals surface area contributed by atoms with Crippen molar-refractivity contribution in [3.8, 4) is 0 Å². The second-order valence-electron chi connectivity index (χ2n) is 5.19. The molecule has 6 heteroatoms. The Morgan fingerprint density at radius 1 is 1.50 bits per heavy atom. The van der Waals surface area contributed by atoms with Gasteiger partial charge in [0.25, 0.3) is 0 Å². The highest BCUT2D eigenvalue weighted by Gasteiger charge is 2.25. The Labute approximate surface area is 120 Å². The molecule has 1 aliphatic heterocycles. The molecule has 2 heterocycles. The van der Waals surface area contributed by atoms with Crippen molar-refractivity contribution in [2.24, 2.45) is 5.92 Å². The van der Waals surface area contributed by atoms with Crippen molar-refractivity contribution in [3.63, 3.8) is 0 Å². The van der Waals surface area contributed by atoms with Crippen LogP contribution in [0, 0.1) is 5.92 Å². The van der Waals surface area contributed by atoms with Crippen molar-refractivity contribution >= 4 is 11.6 Å². The van der Waals surface area contributed by atoms with Crippen LogP contribution in [0.4, 0.5) is 11.6 Å². The summed E-state index contributed by atoms with van der Waals surface area (Å²) in [5, 5.41) is 13.1. The van der Waals surface area contributed by atoms with Crippen LogP contribution < -0.4 is 10.2 Å². The summed E-state index contributed by atoms with van der Waals surface area (Å²) < 4.78 is 5.38. The van der Waals surface area contributed by atoms with E-state index in [-0.39, 0.29) is 6.10 Å². The normalized spacial score (nSPS) is 22.9. The summed E-state index contributed by atoms with van der Waals surface area (Å²) in [6, 6.07) is 1.91. The van der Waals surface area contributed by atoms with Gasteiger partial charge in [-0.15, -0.1) is 0 Å². The van der Waals surface area contributed by atoms with E-state index in [1.165, 1.54) is 0 Å². The van der Waals surface area contributed by atoms with E-state index in [9.17, 15) is 5.11 Å². The molecular formula is C14H24N4O2. The van der Waals surface area contributed by atoms with Crippen molar-refractivity contribution in [1.82, 2.24) is 9.97 Å². The summed E-state index contributed by atoms with van der Waals surface area (Å²) in [7, 11) is 1.84. The van der Waals surface area contributed by atoms with E-state index >= 15 is 0 Å². The van der Waals surface area contributed by atoms with Crippen LogP contribution in [-0.2, 0) is 11.3 Å². The molecular weight excluding hydrogens is 256 g/mol. The fourth-order valence-electron chi connectivity index (χ4n) is 2.29. The van der Waals surface area contributed by atoms with Gasteiger partial charge >= 0.3 is 0 Å². The lowest BCUT2D eigenvalue weighted by molar-refractivity contribution is 0.102. The minimum Gasteiger partial charge on any atom is -0.391 e. The summed E-state index contributed by atoms with van der Waals surface area (Å²) in [5.41, 5.74) is 0. The first-order valence-electron chi connectivity index (χ1n) is 7.20. The van der Waals surface area contributed by atoms with Gasteiger partial charge in [0.2, 0.25) is 0 Å². The second-order valence-corrected chi connectivity index (χ2v) is 5.19. The molecule has 112 valence electrons. The van der Waals surface area contributed by atoms with E-state index < -0.39 is 0 Å². The molecule has 20 heavy (non-hydrogen) atoms. The minimum absolute atomic E-state index is 0.299. The molecule has 1 saturated heterocycles. The number of aliphatic hydroxyl groups excluding tert-OH is 1. The smallest absolute Gasteiger partial charge is 0.158 e. The Kier molecular flexibility index (Phi) is 5.14. The number of ether oxygens (including phenoxy) is 1. The molecule has 2 unspecified atom stereocenters. The SMILES string of the molecule is CCOCc1nc(NC)cc(N2CCC(C)C(O)C2)n1. The Hall–Kier alpha value is -1.40. The predicted molar refractivity (Wildman–Crippen MR) is 78.9 cm³/mol. The Morgan fingerprint density at radius 2 is 2.30 bits per heavy atom. The van der Waals surface area contributed by atoms with Crippen LogP contribution in [0.1, 0.15) is 26.1 Å². The van der Waals surface area contributed by atoms with Gasteiger partial charge in [0.1, 0.15) is 18.2 Å². The zero-order valence-electron chi connectivity index (χ0n) is 12.5. The van der Waals surface area contributed by atoms with Gasteiger partial charge in [0.15, 0.2) is 5.82 Å². The molecule has 1 aromatic rings. The van der Waals surface area contributed by atoms with E-state index in [0.29, 0.717) is 31.5 Å². The zero-order valence-corrected chi connectivity index (χ0v) is 12.5. The number of hydrogen-bond donors (Lipinski definition) is 2. The molecule has 2 atom stereocenters. The first-order chi connectivity index (χ1) is 9.63. The van der Waals surface area contributed by atoms with Gasteiger partial charge in [-0.3, -0.25) is 0 Å². The van der Waals surface area contributed by atoms with Crippen LogP contribution in [0.3, 0.4) is 0 Å². The van der Waals surface area contributed by atoms with Crippen LogP contribution >= 0.6 is 0 Å². The van der Waals surface area contributed by atoms with Crippen LogP contribution in [-0.4, -0.2) is 47.9 Å². The van der Waals surface area contributed by atoms with Crippen LogP contribution in [0.2, 0.25) is 0 Å². The lowest BCUT2D eigenvalue weighted by atomic mass is 9.96. The molecule has 0 aliphatic carbocycles. The fraction of sp³-hybridized carbons (Fsp3) is 0.714. The molecule has 6 nitrogen and oxygen atoms in total. The van der Waals surface area contributed by atoms with Crippen LogP contribution in [0.15, 0.2) is 6.07 Å². The van der Waals surface area contributed by atoms with E-state index in [4.69, 9.17) is 4.74 Å². The molecule has 1 aromatic heterocycles. The van der Waals surface area contributed by atoms with Crippen molar-refractivity contribution in [2.45, 2.75) is 33.0 Å². The first-order valence-corrected chi connectivity index (χ1v) is 7.20. The molecule has 0 spiro atoms. The Bertz CT molecular complexity index is 441. The summed E-state index contributed by atoms with van der Waals surface area (Å²) in [6.45, 7) is 6.61. The number of rotatable bonds is 5. The molecule has 0 aromatic carbocycles. The quantitative estimate of drug-likeness (QED) is 0.846. The lowest BCUT2D eigenvalue weighted by Crippen LogP contribution is -2.43. The third kappa shape index (κ3) is 3.58. The number of nitrogens with zero attached hydrogens (tertiary/aromatic N) is 3. The number of anilines is 2. The molecule has 0 bridgehead atoms. The number of β-amino-alcohol motifs (C(OH)–C–C–N with tert-alkyl or cyclic N) is 1. The average Bonchev–Trinajstić information content (AvgIpc) is 2.47. The number of nitrogens with one attached hydrogen (secondary N) is 1. The van der Waals surface area contributed by atoms with Crippen molar-refractivity contribution in [3.05, 3.63) is 11.9 Å². The molecule has 2 N–H and O–H groups in total. The third-order valence-corrected chi connectivity index (χ3v) is 3.69. The largest absolute Gasteiger partial charge is 0.391 e. The van der Waals surface area contributed by atoms with Gasteiger partial charge in [-0.2, -0.15) is 0 Å². The Morgan fingerprint density at radius 3 is 2.95 bits per heavy atom. The van der Waals surface area contributed by atoms with Crippen LogP contribution in [0.25, 0.3) is 0 Å². The number of hydrogen-bond acceptors (Lipinski definition) is 6. The van der Waals surface area contributed by atoms with E-state index in [2.05, 4.69) is 27.1 Å². The van der Waals surface area contributed by atoms with Crippen molar-refractivity contribution in [2.75, 3.05) is 37.0 Å². The molecule has 0 amide bonds. The second kappa shape index (κ2) is 6.85. The van der Waals surface area contributed by atoms with E-state index in [0.717, 1.165) is 24.6 Å². The molecule has 1 aliphatic rings. The fourth-order valence-corrected chi connectivity index (χ4v) is 2.29. The summed E-state index contributed by atoms with van der Waals surface area (Å²) in [4.78, 5) is 11.0. The van der Waals surface area contributed by atoms with Crippen molar-refractivity contribution < 1.29 is 9.84 Å². The van der Waals surface area contributed by atoms with Crippen LogP contribution in [0.5, 0.6) is 0 Å². The van der Waals surface area contributed by atoms with Crippen molar-refractivity contribution in [1.29, 1.82) is 0 Å². The van der Waals surface area contributed by atoms with E-state index in [1.54, 1.807) is 0 Å². The predicted octanol–water partition coefficient (Wildman–Crippen LogP) is 1.26. The molecule has 1 fully saturated rings. The van der Waals surface area contributed by atoms with Gasteiger partial charge in [-0.1, -0.05) is 6.92 Å². The standard InChI is InChI=1S/C14H24N4O2/c1-4-20-9-13-16-12(15-3)7-14(17-13)18-6-5-10(2)11(19)8-18/h7,10-11,19H,4-6,8-9H2,1-3H3,(H,15,16,17). The zero-order chi connectivity index (χ0) is 14.5.